The van der Waals surface area contributed by atoms with E-state index in [1.807, 2.05) is 43.3 Å². The summed E-state index contributed by atoms with van der Waals surface area (Å²) in [5.74, 6) is 1.39. The maximum Gasteiger partial charge on any atom is 0.224 e. The zero-order chi connectivity index (χ0) is 17.5. The van der Waals surface area contributed by atoms with Gasteiger partial charge in [0.1, 0.15) is 0 Å². The lowest BCUT2D eigenvalue weighted by atomic mass is 10.1. The first kappa shape index (κ1) is 18.3. The van der Waals surface area contributed by atoms with Crippen LogP contribution in [-0.4, -0.2) is 26.7 Å². The maximum absolute atomic E-state index is 12.1. The number of hydrogen-bond acceptors (Lipinski definition) is 3. The molecule has 2 aromatic carbocycles. The number of carbonyl (C=O) groups excluding carboxylic acids is 1. The quantitative estimate of drug-likeness (QED) is 0.782. The molecule has 1 N–H and O–H groups in total. The van der Waals surface area contributed by atoms with Gasteiger partial charge in [0.15, 0.2) is 11.5 Å². The number of amides is 1. The highest BCUT2D eigenvalue weighted by Crippen LogP contribution is 2.33. The summed E-state index contributed by atoms with van der Waals surface area (Å²) in [6.07, 6.45) is 1.11. The molecule has 0 aliphatic rings. The van der Waals surface area contributed by atoms with Crippen molar-refractivity contribution >= 4 is 21.8 Å². The Kier molecular flexibility index (Phi) is 6.67. The van der Waals surface area contributed by atoms with Gasteiger partial charge in [-0.2, -0.15) is 0 Å². The molecule has 4 nitrogen and oxygen atoms in total. The summed E-state index contributed by atoms with van der Waals surface area (Å²) in [6, 6.07) is 11.7. The number of hydrogen-bond donors (Lipinski definition) is 1. The summed E-state index contributed by atoms with van der Waals surface area (Å²) in [5.41, 5.74) is 3.25. The zero-order valence-electron chi connectivity index (χ0n) is 14.2. The Hall–Kier alpha value is -2.01. The zero-order valence-corrected chi connectivity index (χ0v) is 15.8. The third-order valence-corrected chi connectivity index (χ3v) is 4.62. The van der Waals surface area contributed by atoms with Crippen molar-refractivity contribution < 1.29 is 14.3 Å². The van der Waals surface area contributed by atoms with Gasteiger partial charge in [0.25, 0.3) is 0 Å². The van der Waals surface area contributed by atoms with Crippen LogP contribution >= 0.6 is 15.9 Å². The van der Waals surface area contributed by atoms with Crippen molar-refractivity contribution in [2.24, 2.45) is 0 Å². The average Bonchev–Trinajstić information content (AvgIpc) is 2.58. The Morgan fingerprint density at radius 3 is 2.42 bits per heavy atom. The van der Waals surface area contributed by atoms with Crippen molar-refractivity contribution in [3.05, 3.63) is 57.6 Å². The molecule has 0 unspecified atom stereocenters. The lowest BCUT2D eigenvalue weighted by Crippen LogP contribution is -2.27. The van der Waals surface area contributed by atoms with Crippen molar-refractivity contribution in [2.45, 2.75) is 19.8 Å². The fourth-order valence-electron chi connectivity index (χ4n) is 2.47. The molecule has 0 fully saturated rings. The number of nitrogens with one attached hydrogen (secondary N) is 1. The number of methoxy groups -OCH3 is 2. The molecule has 0 heterocycles. The third-order valence-electron chi connectivity index (χ3n) is 3.88. The molecule has 0 saturated carbocycles. The van der Waals surface area contributed by atoms with Crippen LogP contribution in [0.3, 0.4) is 0 Å². The first-order valence-electron chi connectivity index (χ1n) is 7.76. The summed E-state index contributed by atoms with van der Waals surface area (Å²) in [5, 5.41) is 2.97. The second kappa shape index (κ2) is 8.73. The van der Waals surface area contributed by atoms with Gasteiger partial charge in [-0.3, -0.25) is 4.79 Å². The van der Waals surface area contributed by atoms with E-state index in [2.05, 4.69) is 21.2 Å². The summed E-state index contributed by atoms with van der Waals surface area (Å²) in [7, 11) is 3.22. The summed E-state index contributed by atoms with van der Waals surface area (Å²) in [4.78, 5) is 12.1. The molecule has 0 aliphatic heterocycles. The van der Waals surface area contributed by atoms with Crippen LogP contribution in [0.1, 0.15) is 16.7 Å². The minimum atomic E-state index is 0.0286. The predicted molar refractivity (Wildman–Crippen MR) is 98.8 cm³/mol. The minimum absolute atomic E-state index is 0.0286. The lowest BCUT2D eigenvalue weighted by molar-refractivity contribution is -0.120. The highest BCUT2D eigenvalue weighted by Gasteiger charge is 2.10. The molecule has 24 heavy (non-hydrogen) atoms. The van der Waals surface area contributed by atoms with Gasteiger partial charge < -0.3 is 14.8 Å². The Bertz CT molecular complexity index is 716. The van der Waals surface area contributed by atoms with Crippen LogP contribution in [0.4, 0.5) is 0 Å². The minimum Gasteiger partial charge on any atom is -0.493 e. The van der Waals surface area contributed by atoms with Gasteiger partial charge in [0.05, 0.1) is 20.6 Å². The normalized spacial score (nSPS) is 10.3. The highest BCUT2D eigenvalue weighted by atomic mass is 79.9. The van der Waals surface area contributed by atoms with Crippen LogP contribution in [0.15, 0.2) is 40.9 Å². The van der Waals surface area contributed by atoms with Gasteiger partial charge >= 0.3 is 0 Å². The van der Waals surface area contributed by atoms with Crippen LogP contribution in [0.5, 0.6) is 11.5 Å². The smallest absolute Gasteiger partial charge is 0.224 e. The molecule has 0 bridgehead atoms. The van der Waals surface area contributed by atoms with Gasteiger partial charge in [-0.1, -0.05) is 40.2 Å². The number of aryl methyl sites for hydroxylation is 1. The summed E-state index contributed by atoms with van der Waals surface area (Å²) < 4.78 is 11.5. The monoisotopic (exact) mass is 391 g/mol. The second-order valence-electron chi connectivity index (χ2n) is 5.50. The van der Waals surface area contributed by atoms with Crippen LogP contribution in [0, 0.1) is 6.92 Å². The van der Waals surface area contributed by atoms with Gasteiger partial charge in [0.2, 0.25) is 5.91 Å². The Labute approximate surface area is 151 Å². The number of carbonyl (C=O) groups is 1. The van der Waals surface area contributed by atoms with Crippen molar-refractivity contribution in [3.8, 4) is 11.5 Å². The van der Waals surface area contributed by atoms with E-state index in [-0.39, 0.29) is 5.91 Å². The molecule has 1 amide bonds. The van der Waals surface area contributed by atoms with Crippen molar-refractivity contribution in [2.75, 3.05) is 20.8 Å². The second-order valence-corrected chi connectivity index (χ2v) is 6.36. The molecular weight excluding hydrogens is 370 g/mol. The number of halogens is 1. The fourth-order valence-corrected chi connectivity index (χ4v) is 2.99. The van der Waals surface area contributed by atoms with Crippen LogP contribution in [0.25, 0.3) is 0 Å². The molecule has 0 spiro atoms. The number of benzene rings is 2. The van der Waals surface area contributed by atoms with E-state index in [1.165, 1.54) is 0 Å². The van der Waals surface area contributed by atoms with Crippen molar-refractivity contribution in [1.82, 2.24) is 5.32 Å². The van der Waals surface area contributed by atoms with E-state index in [4.69, 9.17) is 9.47 Å². The first-order valence-corrected chi connectivity index (χ1v) is 8.56. The molecule has 0 aromatic heterocycles. The van der Waals surface area contributed by atoms with E-state index in [9.17, 15) is 4.79 Å². The molecule has 0 aliphatic carbocycles. The average molecular weight is 392 g/mol. The van der Waals surface area contributed by atoms with E-state index >= 15 is 0 Å². The molecule has 0 saturated heterocycles. The van der Waals surface area contributed by atoms with Gasteiger partial charge in [-0.25, -0.2) is 0 Å². The Morgan fingerprint density at radius 2 is 1.75 bits per heavy atom. The maximum atomic E-state index is 12.1. The molecular formula is C19H22BrNO3. The largest absolute Gasteiger partial charge is 0.493 e. The number of ether oxygens (including phenoxy) is 2. The Morgan fingerprint density at radius 1 is 1.08 bits per heavy atom. The fraction of sp³-hybridized carbons (Fsp3) is 0.316. The number of rotatable bonds is 7. The van der Waals surface area contributed by atoms with E-state index < -0.39 is 0 Å². The Balaban J connectivity index is 1.92. The van der Waals surface area contributed by atoms with Crippen LogP contribution in [0.2, 0.25) is 0 Å². The molecule has 128 valence electrons. The third kappa shape index (κ3) is 4.74. The summed E-state index contributed by atoms with van der Waals surface area (Å²) in [6.45, 7) is 2.59. The molecule has 5 heteroatoms. The molecule has 0 radical (unpaired) electrons. The van der Waals surface area contributed by atoms with E-state index in [0.29, 0.717) is 30.9 Å². The van der Waals surface area contributed by atoms with Gasteiger partial charge in [-0.15, -0.1) is 0 Å². The predicted octanol–water partition coefficient (Wildman–Crippen LogP) is 3.68. The standard InChI is InChI=1S/C19H22BrNO3/c1-13-6-4-5-7-14(13)11-19(22)21-9-8-15-10-17(23-2)18(24-3)12-16(15)20/h4-7,10,12H,8-9,11H2,1-3H3,(H,21,22). The van der Waals surface area contributed by atoms with Gasteiger partial charge in [0, 0.05) is 11.0 Å². The molecule has 2 aromatic rings. The lowest BCUT2D eigenvalue weighted by Gasteiger charge is -2.12. The highest BCUT2D eigenvalue weighted by molar-refractivity contribution is 9.10. The SMILES string of the molecule is COc1cc(Br)c(CCNC(=O)Cc2ccccc2C)cc1OC. The van der Waals surface area contributed by atoms with Gasteiger partial charge in [-0.05, 0) is 42.2 Å². The first-order chi connectivity index (χ1) is 11.5. The van der Waals surface area contributed by atoms with Crippen LogP contribution in [-0.2, 0) is 17.6 Å². The summed E-state index contributed by atoms with van der Waals surface area (Å²) >= 11 is 3.53. The van der Waals surface area contributed by atoms with Crippen molar-refractivity contribution in [3.63, 3.8) is 0 Å². The molecule has 2 rings (SSSR count). The van der Waals surface area contributed by atoms with Crippen LogP contribution < -0.4 is 14.8 Å². The topological polar surface area (TPSA) is 47.6 Å². The molecule has 0 atom stereocenters. The van der Waals surface area contributed by atoms with E-state index in [1.54, 1.807) is 14.2 Å². The van der Waals surface area contributed by atoms with E-state index in [0.717, 1.165) is 21.2 Å². The van der Waals surface area contributed by atoms with Crippen molar-refractivity contribution in [1.29, 1.82) is 0 Å².